The molecule has 0 spiro atoms. The molecule has 1 aliphatic heterocycles. The quantitative estimate of drug-likeness (QED) is 0.590. The van der Waals surface area contributed by atoms with Crippen molar-refractivity contribution in [3.63, 3.8) is 0 Å². The molecule has 1 aliphatic rings. The van der Waals surface area contributed by atoms with Crippen LogP contribution in [0.25, 0.3) is 0 Å². The highest BCUT2D eigenvalue weighted by atomic mass is 15.2. The Labute approximate surface area is 108 Å². The molecule has 0 saturated carbocycles. The number of hydrogen-bond donors (Lipinski definition) is 0. The minimum absolute atomic E-state index is 0.671. The first-order valence-corrected chi connectivity index (χ1v) is 6.45. The first-order chi connectivity index (χ1) is 8.70. The van der Waals surface area contributed by atoms with Crippen LogP contribution in [0.1, 0.15) is 31.5 Å². The fourth-order valence-electron chi connectivity index (χ4n) is 2.22. The molecule has 18 heavy (non-hydrogen) atoms. The van der Waals surface area contributed by atoms with E-state index in [4.69, 9.17) is 5.26 Å². The Balaban J connectivity index is 2.26. The first kappa shape index (κ1) is 12.6. The molecular weight excluding hydrogens is 226 g/mol. The van der Waals surface area contributed by atoms with E-state index in [9.17, 15) is 0 Å². The van der Waals surface area contributed by atoms with E-state index in [1.165, 1.54) is 30.6 Å². The summed E-state index contributed by atoms with van der Waals surface area (Å²) in [5, 5.41) is 8.93. The predicted molar refractivity (Wildman–Crippen MR) is 71.5 cm³/mol. The molecule has 1 aromatic heterocycles. The number of hydrogen-bond acceptors (Lipinski definition) is 5. The van der Waals surface area contributed by atoms with Gasteiger partial charge < -0.3 is 4.90 Å². The van der Waals surface area contributed by atoms with Gasteiger partial charge in [-0.25, -0.2) is 9.97 Å². The van der Waals surface area contributed by atoms with E-state index in [0.29, 0.717) is 11.6 Å². The number of aryl methyl sites for hydroxylation is 1. The van der Waals surface area contributed by atoms with Crippen LogP contribution in [0.5, 0.6) is 0 Å². The topological polar surface area (TPSA) is 56.1 Å². The number of nitriles is 1. The SMILES string of the molecule is Cc1nc(N(C)C#N)cc(N2CCCCCC2)n1. The van der Waals surface area contributed by atoms with Crippen LogP contribution >= 0.6 is 0 Å². The molecule has 2 rings (SSSR count). The molecule has 0 aromatic carbocycles. The van der Waals surface area contributed by atoms with E-state index in [-0.39, 0.29) is 0 Å². The molecule has 0 radical (unpaired) electrons. The Hall–Kier alpha value is -1.83. The van der Waals surface area contributed by atoms with Crippen LogP contribution in [0.4, 0.5) is 11.6 Å². The van der Waals surface area contributed by atoms with Crippen molar-refractivity contribution in [2.45, 2.75) is 32.6 Å². The number of aromatic nitrogens is 2. The lowest BCUT2D eigenvalue weighted by Gasteiger charge is -2.22. The van der Waals surface area contributed by atoms with Crippen molar-refractivity contribution in [3.05, 3.63) is 11.9 Å². The van der Waals surface area contributed by atoms with E-state index in [0.717, 1.165) is 18.9 Å². The monoisotopic (exact) mass is 245 g/mol. The highest BCUT2D eigenvalue weighted by molar-refractivity contribution is 5.52. The van der Waals surface area contributed by atoms with Crippen LogP contribution in [0.15, 0.2) is 6.07 Å². The van der Waals surface area contributed by atoms with Crippen molar-refractivity contribution in [2.75, 3.05) is 29.9 Å². The number of rotatable bonds is 2. The van der Waals surface area contributed by atoms with Gasteiger partial charge in [-0.05, 0) is 19.8 Å². The zero-order valence-corrected chi connectivity index (χ0v) is 11.1. The molecule has 1 aromatic rings. The van der Waals surface area contributed by atoms with E-state index < -0.39 is 0 Å². The molecule has 0 amide bonds. The Bertz CT molecular complexity index is 443. The molecule has 5 nitrogen and oxygen atoms in total. The van der Waals surface area contributed by atoms with Gasteiger partial charge in [0.1, 0.15) is 17.5 Å². The maximum absolute atomic E-state index is 8.93. The summed E-state index contributed by atoms with van der Waals surface area (Å²) in [5.74, 6) is 2.33. The molecule has 2 heterocycles. The fraction of sp³-hybridized carbons (Fsp3) is 0.615. The van der Waals surface area contributed by atoms with Gasteiger partial charge >= 0.3 is 0 Å². The van der Waals surface area contributed by atoms with Gasteiger partial charge in [0, 0.05) is 26.2 Å². The van der Waals surface area contributed by atoms with Gasteiger partial charge in [-0.2, -0.15) is 5.26 Å². The minimum Gasteiger partial charge on any atom is -0.356 e. The second-order valence-corrected chi connectivity index (χ2v) is 4.69. The lowest BCUT2D eigenvalue weighted by molar-refractivity contribution is 0.726. The van der Waals surface area contributed by atoms with Crippen LogP contribution < -0.4 is 9.80 Å². The average molecular weight is 245 g/mol. The Morgan fingerprint density at radius 2 is 1.89 bits per heavy atom. The zero-order valence-electron chi connectivity index (χ0n) is 11.1. The number of anilines is 2. The van der Waals surface area contributed by atoms with Gasteiger partial charge in [-0.1, -0.05) is 12.8 Å². The molecule has 1 fully saturated rings. The predicted octanol–water partition coefficient (Wildman–Crippen LogP) is 2.08. The van der Waals surface area contributed by atoms with Gasteiger partial charge in [-0.15, -0.1) is 0 Å². The van der Waals surface area contributed by atoms with Crippen molar-refractivity contribution in [1.82, 2.24) is 9.97 Å². The third kappa shape index (κ3) is 2.89. The molecule has 0 unspecified atom stereocenters. The third-order valence-electron chi connectivity index (χ3n) is 3.23. The molecule has 0 N–H and O–H groups in total. The van der Waals surface area contributed by atoms with Crippen LogP contribution in [-0.2, 0) is 0 Å². The van der Waals surface area contributed by atoms with Crippen molar-refractivity contribution in [2.24, 2.45) is 0 Å². The minimum atomic E-state index is 0.671. The van der Waals surface area contributed by atoms with Crippen LogP contribution in [0.2, 0.25) is 0 Å². The Morgan fingerprint density at radius 1 is 1.22 bits per heavy atom. The zero-order chi connectivity index (χ0) is 13.0. The molecule has 0 atom stereocenters. The third-order valence-corrected chi connectivity index (χ3v) is 3.23. The van der Waals surface area contributed by atoms with E-state index in [1.807, 2.05) is 13.0 Å². The summed E-state index contributed by atoms with van der Waals surface area (Å²) < 4.78 is 0. The second kappa shape index (κ2) is 5.67. The average Bonchev–Trinajstić information content (AvgIpc) is 2.66. The summed E-state index contributed by atoms with van der Waals surface area (Å²) in [5.41, 5.74) is 0. The molecule has 0 bridgehead atoms. The molecule has 1 saturated heterocycles. The molecule has 96 valence electrons. The van der Waals surface area contributed by atoms with Gasteiger partial charge in [0.2, 0.25) is 0 Å². The van der Waals surface area contributed by atoms with Crippen molar-refractivity contribution < 1.29 is 0 Å². The maximum atomic E-state index is 8.93. The van der Waals surface area contributed by atoms with Crippen LogP contribution in [0.3, 0.4) is 0 Å². The lowest BCUT2D eigenvalue weighted by atomic mass is 10.2. The molecular formula is C13H19N5. The second-order valence-electron chi connectivity index (χ2n) is 4.69. The van der Waals surface area contributed by atoms with E-state index >= 15 is 0 Å². The van der Waals surface area contributed by atoms with Gasteiger partial charge in [0.05, 0.1) is 0 Å². The van der Waals surface area contributed by atoms with Gasteiger partial charge in [0.15, 0.2) is 6.19 Å². The van der Waals surface area contributed by atoms with Crippen molar-refractivity contribution >= 4 is 11.6 Å². The normalized spacial score (nSPS) is 15.9. The summed E-state index contributed by atoms with van der Waals surface area (Å²) in [6, 6.07) is 1.90. The summed E-state index contributed by atoms with van der Waals surface area (Å²) in [7, 11) is 1.72. The van der Waals surface area contributed by atoms with E-state index in [1.54, 1.807) is 7.05 Å². The van der Waals surface area contributed by atoms with E-state index in [2.05, 4.69) is 21.1 Å². The Kier molecular flexibility index (Phi) is 3.98. The summed E-state index contributed by atoms with van der Waals surface area (Å²) >= 11 is 0. The fourth-order valence-corrected chi connectivity index (χ4v) is 2.22. The van der Waals surface area contributed by atoms with Crippen molar-refractivity contribution in [1.29, 1.82) is 5.26 Å². The standard InChI is InChI=1S/C13H19N5/c1-11-15-12(17(2)10-14)9-13(16-11)18-7-5-3-4-6-8-18/h9H,3-8H2,1-2H3. The lowest BCUT2D eigenvalue weighted by Crippen LogP contribution is -2.26. The van der Waals surface area contributed by atoms with Gasteiger partial charge in [0.25, 0.3) is 0 Å². The maximum Gasteiger partial charge on any atom is 0.185 e. The molecule has 0 aliphatic carbocycles. The Morgan fingerprint density at radius 3 is 2.50 bits per heavy atom. The highest BCUT2D eigenvalue weighted by Crippen LogP contribution is 2.21. The first-order valence-electron chi connectivity index (χ1n) is 6.45. The van der Waals surface area contributed by atoms with Crippen molar-refractivity contribution in [3.8, 4) is 6.19 Å². The summed E-state index contributed by atoms with van der Waals surface area (Å²) in [6.07, 6.45) is 7.10. The smallest absolute Gasteiger partial charge is 0.185 e. The largest absolute Gasteiger partial charge is 0.356 e. The van der Waals surface area contributed by atoms with Crippen LogP contribution in [0, 0.1) is 18.4 Å². The summed E-state index contributed by atoms with van der Waals surface area (Å²) in [6.45, 7) is 3.97. The highest BCUT2D eigenvalue weighted by Gasteiger charge is 2.14. The van der Waals surface area contributed by atoms with Crippen LogP contribution in [-0.4, -0.2) is 30.1 Å². The van der Waals surface area contributed by atoms with Gasteiger partial charge in [-0.3, -0.25) is 4.90 Å². The summed E-state index contributed by atoms with van der Waals surface area (Å²) in [4.78, 5) is 12.6. The number of nitrogens with zero attached hydrogens (tertiary/aromatic N) is 5. The molecule has 5 heteroatoms.